The smallest absolute Gasteiger partial charge is 0.194 e. The third-order valence-corrected chi connectivity index (χ3v) is 8.52. The minimum absolute atomic E-state index is 0.0170. The minimum Gasteiger partial charge on any atom is -0.379 e. The summed E-state index contributed by atoms with van der Waals surface area (Å²) in [6.45, 7) is 9.96. The number of rotatable bonds is 7. The van der Waals surface area contributed by atoms with E-state index < -0.39 is 11.0 Å². The molecule has 0 amide bonds. The molecule has 6 heteroatoms. The second-order valence-electron chi connectivity index (χ2n) is 10.6. The second kappa shape index (κ2) is 8.67. The Morgan fingerprint density at radius 1 is 1.09 bits per heavy atom. The number of benzene rings is 1. The van der Waals surface area contributed by atoms with E-state index in [4.69, 9.17) is 0 Å². The van der Waals surface area contributed by atoms with Gasteiger partial charge in [-0.15, -0.1) is 0 Å². The molecule has 1 aliphatic carbocycles. The average Bonchev–Trinajstić information content (AvgIpc) is 3.39. The predicted molar refractivity (Wildman–Crippen MR) is 139 cm³/mol. The van der Waals surface area contributed by atoms with Crippen LogP contribution in [0, 0.1) is 17.3 Å². The van der Waals surface area contributed by atoms with Crippen molar-refractivity contribution in [1.29, 1.82) is 0 Å². The van der Waals surface area contributed by atoms with Gasteiger partial charge in [0.1, 0.15) is 11.3 Å². The van der Waals surface area contributed by atoms with Crippen molar-refractivity contribution in [2.45, 2.75) is 69.4 Å². The molecule has 1 aromatic carbocycles. The Labute approximate surface area is 210 Å². The van der Waals surface area contributed by atoms with Gasteiger partial charge in [0, 0.05) is 41.3 Å². The van der Waals surface area contributed by atoms with Crippen LogP contribution in [0.1, 0.15) is 70.9 Å². The molecule has 2 unspecified atom stereocenters. The molecular formula is C27H33IN2O3. The van der Waals surface area contributed by atoms with Gasteiger partial charge in [-0.2, -0.15) is 0 Å². The van der Waals surface area contributed by atoms with Crippen LogP contribution in [-0.4, -0.2) is 26.9 Å². The van der Waals surface area contributed by atoms with E-state index in [0.29, 0.717) is 29.9 Å². The van der Waals surface area contributed by atoms with Crippen molar-refractivity contribution in [3.05, 3.63) is 53.4 Å². The van der Waals surface area contributed by atoms with Gasteiger partial charge in [-0.3, -0.25) is 14.4 Å². The Morgan fingerprint density at radius 3 is 2.33 bits per heavy atom. The third kappa shape index (κ3) is 4.08. The molecule has 0 radical (unpaired) electrons. The number of carbonyl (C=O) groups excluding carboxylic acids is 3. The Balaban J connectivity index is 1.73. The number of Topliss-reactive ketones (excluding diaryl/α,β-unsaturated/α-hetero) is 3. The number of hydrogen-bond acceptors (Lipinski definition) is 5. The second-order valence-corrected chi connectivity index (χ2v) is 12.0. The summed E-state index contributed by atoms with van der Waals surface area (Å²) in [4.78, 5) is 40.1. The van der Waals surface area contributed by atoms with Crippen LogP contribution in [0.5, 0.6) is 0 Å². The molecule has 0 bridgehead atoms. The topological polar surface area (TPSA) is 75.3 Å². The molecule has 0 spiro atoms. The highest BCUT2D eigenvalue weighted by Gasteiger charge is 2.66. The summed E-state index contributed by atoms with van der Waals surface area (Å²) in [5.74, 6) is 0.590. The van der Waals surface area contributed by atoms with Crippen LogP contribution in [0.2, 0.25) is 0 Å². The molecule has 4 atom stereocenters. The molecule has 33 heavy (non-hydrogen) atoms. The quantitative estimate of drug-likeness (QED) is 0.282. The Kier molecular flexibility index (Phi) is 6.35. The van der Waals surface area contributed by atoms with E-state index in [1.54, 1.807) is 19.3 Å². The Hall–Kier alpha value is -1.96. The van der Waals surface area contributed by atoms with Gasteiger partial charge < -0.3 is 10.6 Å². The van der Waals surface area contributed by atoms with Gasteiger partial charge in [-0.25, -0.2) is 0 Å². The lowest BCUT2D eigenvalue weighted by molar-refractivity contribution is -0.128. The molecule has 3 aliphatic rings. The summed E-state index contributed by atoms with van der Waals surface area (Å²) in [6.07, 6.45) is 4.95. The van der Waals surface area contributed by atoms with Crippen LogP contribution in [-0.2, 0) is 14.4 Å². The molecule has 176 valence electrons. The maximum atomic E-state index is 14.0. The van der Waals surface area contributed by atoms with Crippen molar-refractivity contribution in [2.24, 2.45) is 17.3 Å². The molecule has 0 saturated heterocycles. The van der Waals surface area contributed by atoms with E-state index in [9.17, 15) is 14.4 Å². The van der Waals surface area contributed by atoms with Gasteiger partial charge >= 0.3 is 0 Å². The SMILES string of the molecule is CC(=O)C[C@@]12CC1C(I)NC=C([C@]1(CC(C)C)NC=C(c3ccc(C(C)C)cc3)C1=O)C2=O. The summed E-state index contributed by atoms with van der Waals surface area (Å²) in [7, 11) is 0. The number of hydrogen-bond donors (Lipinski definition) is 2. The molecule has 5 nitrogen and oxygen atoms in total. The number of ketones is 3. The van der Waals surface area contributed by atoms with Gasteiger partial charge in [0.25, 0.3) is 0 Å². The summed E-state index contributed by atoms with van der Waals surface area (Å²) in [5.41, 5.74) is 1.32. The van der Waals surface area contributed by atoms with Crippen LogP contribution in [0.4, 0.5) is 0 Å². The summed E-state index contributed by atoms with van der Waals surface area (Å²) in [6, 6.07) is 8.10. The van der Waals surface area contributed by atoms with Crippen molar-refractivity contribution in [2.75, 3.05) is 0 Å². The van der Waals surface area contributed by atoms with Crippen molar-refractivity contribution in [3.8, 4) is 0 Å². The van der Waals surface area contributed by atoms with E-state index in [-0.39, 0.29) is 39.7 Å². The highest BCUT2D eigenvalue weighted by atomic mass is 127. The van der Waals surface area contributed by atoms with Gasteiger partial charge in [0.05, 0.1) is 4.05 Å². The minimum atomic E-state index is -1.12. The summed E-state index contributed by atoms with van der Waals surface area (Å²) < 4.78 is 0.0482. The van der Waals surface area contributed by atoms with Gasteiger partial charge in [-0.05, 0) is 42.7 Å². The fourth-order valence-corrected chi connectivity index (χ4v) is 6.65. The lowest BCUT2D eigenvalue weighted by Crippen LogP contribution is -2.52. The van der Waals surface area contributed by atoms with Gasteiger partial charge in [-0.1, -0.05) is 74.6 Å². The first-order valence-corrected chi connectivity index (χ1v) is 13.0. The predicted octanol–water partition coefficient (Wildman–Crippen LogP) is 4.91. The average molecular weight is 560 g/mol. The monoisotopic (exact) mass is 560 g/mol. The zero-order valence-electron chi connectivity index (χ0n) is 20.0. The van der Waals surface area contributed by atoms with Crippen molar-refractivity contribution < 1.29 is 14.4 Å². The third-order valence-electron chi connectivity index (χ3n) is 7.29. The normalized spacial score (nSPS) is 30.9. The van der Waals surface area contributed by atoms with E-state index >= 15 is 0 Å². The maximum Gasteiger partial charge on any atom is 0.194 e. The standard InChI is InChI=1S/C27H33IN2O3/c1-15(2)10-27(22-14-29-25(28)21-12-26(21,24(22)33)11-17(5)31)23(32)20(13-30-27)19-8-6-18(7-9-19)16(3)4/h6-9,13-16,21,25,29-30H,10-12H2,1-5H3/t21?,25?,26-,27+/m1/s1. The number of alkyl halides is 1. The van der Waals surface area contributed by atoms with Crippen LogP contribution in [0.3, 0.4) is 0 Å². The molecule has 1 aromatic rings. The highest BCUT2D eigenvalue weighted by molar-refractivity contribution is 14.1. The van der Waals surface area contributed by atoms with Gasteiger partial charge in [0.2, 0.25) is 0 Å². The summed E-state index contributed by atoms with van der Waals surface area (Å²) >= 11 is 2.31. The summed E-state index contributed by atoms with van der Waals surface area (Å²) in [5, 5.41) is 6.72. The molecule has 1 fully saturated rings. The number of carbonyl (C=O) groups is 3. The lowest BCUT2D eigenvalue weighted by atomic mass is 9.73. The van der Waals surface area contributed by atoms with Crippen molar-refractivity contribution >= 4 is 45.5 Å². The first-order chi connectivity index (χ1) is 15.5. The molecule has 4 rings (SSSR count). The van der Waals surface area contributed by atoms with E-state index in [1.165, 1.54) is 5.56 Å². The molecule has 1 saturated carbocycles. The molecule has 2 heterocycles. The first kappa shape index (κ1) is 24.2. The molecular weight excluding hydrogens is 527 g/mol. The van der Waals surface area contributed by atoms with Crippen LogP contribution in [0.15, 0.2) is 42.2 Å². The number of fused-ring (bicyclic) bond motifs is 1. The lowest BCUT2D eigenvalue weighted by Gasteiger charge is -2.34. The highest BCUT2D eigenvalue weighted by Crippen LogP contribution is 2.62. The number of nitrogens with one attached hydrogen (secondary N) is 2. The van der Waals surface area contributed by atoms with Crippen LogP contribution in [0.25, 0.3) is 5.57 Å². The van der Waals surface area contributed by atoms with E-state index in [0.717, 1.165) is 5.56 Å². The fourth-order valence-electron chi connectivity index (χ4n) is 5.53. The van der Waals surface area contributed by atoms with E-state index in [1.807, 2.05) is 12.1 Å². The van der Waals surface area contributed by atoms with Crippen molar-refractivity contribution in [3.63, 3.8) is 0 Å². The molecule has 0 aromatic heterocycles. The largest absolute Gasteiger partial charge is 0.379 e. The molecule has 2 N–H and O–H groups in total. The van der Waals surface area contributed by atoms with E-state index in [2.05, 4.69) is 73.1 Å². The molecule has 2 aliphatic heterocycles. The first-order valence-electron chi connectivity index (χ1n) is 11.8. The Bertz CT molecular complexity index is 1060. The number of halogens is 1. The van der Waals surface area contributed by atoms with Crippen LogP contribution >= 0.6 is 22.6 Å². The maximum absolute atomic E-state index is 14.0. The van der Waals surface area contributed by atoms with Crippen LogP contribution < -0.4 is 10.6 Å². The zero-order valence-corrected chi connectivity index (χ0v) is 22.2. The fraction of sp³-hybridized carbons (Fsp3) is 0.519. The van der Waals surface area contributed by atoms with Gasteiger partial charge in [0.15, 0.2) is 11.6 Å². The zero-order chi connectivity index (χ0) is 24.1. The van der Waals surface area contributed by atoms with Crippen molar-refractivity contribution in [1.82, 2.24) is 10.6 Å². The Morgan fingerprint density at radius 2 is 1.76 bits per heavy atom.